The van der Waals surface area contributed by atoms with Crippen molar-refractivity contribution in [3.63, 3.8) is 0 Å². The Balaban J connectivity index is 2.05. The van der Waals surface area contributed by atoms with Gasteiger partial charge in [0.2, 0.25) is 5.91 Å². The summed E-state index contributed by atoms with van der Waals surface area (Å²) in [6.45, 7) is 5.51. The van der Waals surface area contributed by atoms with E-state index in [1.165, 1.54) is 27.7 Å². The Hall–Kier alpha value is -2.65. The zero-order valence-electron chi connectivity index (χ0n) is 16.3. The molecule has 0 saturated carbocycles. The molecule has 0 aliphatic rings. The van der Waals surface area contributed by atoms with Crippen molar-refractivity contribution in [1.29, 1.82) is 0 Å². The minimum atomic E-state index is -0.928. The third-order valence-electron chi connectivity index (χ3n) is 4.01. The Morgan fingerprint density at radius 3 is 2.55 bits per heavy atom. The molecule has 0 aliphatic heterocycles. The Kier molecular flexibility index (Phi) is 6.39. The number of aromatic nitrogens is 2. The summed E-state index contributed by atoms with van der Waals surface area (Å²) in [5.74, 6) is -1.26. The maximum Gasteiger partial charge on any atom is 0.276 e. The monoisotopic (exact) mass is 432 g/mol. The van der Waals surface area contributed by atoms with Gasteiger partial charge in [-0.3, -0.25) is 9.59 Å². The fourth-order valence-electron chi connectivity index (χ4n) is 2.80. The molecule has 6 nitrogen and oxygen atoms in total. The van der Waals surface area contributed by atoms with Gasteiger partial charge in [-0.25, -0.2) is 4.39 Å². The van der Waals surface area contributed by atoms with Crippen molar-refractivity contribution in [3.05, 3.63) is 69.1 Å². The molecule has 0 saturated heterocycles. The van der Waals surface area contributed by atoms with E-state index in [2.05, 4.69) is 14.9 Å². The Morgan fingerprint density at radius 1 is 1.21 bits per heavy atom. The third-order valence-corrected chi connectivity index (χ3v) is 5.44. The van der Waals surface area contributed by atoms with Gasteiger partial charge < -0.3 is 10.2 Å². The van der Waals surface area contributed by atoms with Crippen molar-refractivity contribution in [2.45, 2.75) is 38.9 Å². The number of amides is 2. The highest BCUT2D eigenvalue weighted by atomic mass is 32.1. The number of carbonyl (C=O) groups excluding carboxylic acids is 2. The lowest BCUT2D eigenvalue weighted by molar-refractivity contribution is -0.127. The van der Waals surface area contributed by atoms with E-state index in [9.17, 15) is 14.0 Å². The lowest BCUT2D eigenvalue weighted by atomic mass is 10.1. The molecule has 3 rings (SSSR count). The van der Waals surface area contributed by atoms with Crippen LogP contribution >= 0.6 is 22.9 Å². The molecule has 0 fully saturated rings. The molecule has 9 heteroatoms. The van der Waals surface area contributed by atoms with E-state index >= 15 is 0 Å². The first kappa shape index (κ1) is 21.1. The Bertz CT molecular complexity index is 969. The number of hydrogen-bond acceptors (Lipinski definition) is 6. The summed E-state index contributed by atoms with van der Waals surface area (Å²) < 4.78 is 18.1. The van der Waals surface area contributed by atoms with Crippen LogP contribution in [0.5, 0.6) is 0 Å². The predicted octanol–water partition coefficient (Wildman–Crippen LogP) is 4.04. The summed E-state index contributed by atoms with van der Waals surface area (Å²) in [7, 11) is 0. The topological polar surface area (TPSA) is 75.2 Å². The van der Waals surface area contributed by atoms with Crippen molar-refractivity contribution >= 4 is 34.7 Å². The van der Waals surface area contributed by atoms with Crippen LogP contribution in [0, 0.1) is 5.82 Å². The average Bonchev–Trinajstić information content (AvgIpc) is 3.35. The van der Waals surface area contributed by atoms with E-state index < -0.39 is 23.3 Å². The second-order valence-electron chi connectivity index (χ2n) is 7.47. The van der Waals surface area contributed by atoms with Gasteiger partial charge in [0.05, 0.1) is 6.54 Å². The highest BCUT2D eigenvalue weighted by molar-refractivity contribution is 7.10. The van der Waals surface area contributed by atoms with Gasteiger partial charge in [-0.05, 0) is 49.8 Å². The summed E-state index contributed by atoms with van der Waals surface area (Å²) in [6.07, 6.45) is 0. The lowest BCUT2D eigenvalue weighted by Crippen LogP contribution is -2.49. The number of hydrogen-bond donors (Lipinski definition) is 1. The number of carbonyl (C=O) groups is 2. The number of halogens is 1. The van der Waals surface area contributed by atoms with Gasteiger partial charge in [0.25, 0.3) is 5.91 Å². The van der Waals surface area contributed by atoms with E-state index in [0.717, 1.165) is 11.5 Å². The minimum absolute atomic E-state index is 0.0802. The van der Waals surface area contributed by atoms with E-state index in [1.807, 2.05) is 32.2 Å². The standard InChI is InChI=1S/C20H21FN4O2S2/c1-20(2,3)22-18(26)17(16-9-6-10-28-16)25(19(27)15-12-29-24-23-15)11-13-7-4-5-8-14(13)21/h4-10,12,17H,11H2,1-3H3,(H,22,26)/t17-/m0/s1. The SMILES string of the molecule is CC(C)(C)NC(=O)[C@H](c1cccs1)N(Cc1ccccc1F)C(=O)c1csnn1. The van der Waals surface area contributed by atoms with Crippen molar-refractivity contribution in [2.24, 2.45) is 0 Å². The van der Waals surface area contributed by atoms with Gasteiger partial charge in [-0.1, -0.05) is 28.8 Å². The maximum atomic E-state index is 14.4. The third kappa shape index (κ3) is 5.24. The highest BCUT2D eigenvalue weighted by Crippen LogP contribution is 2.30. The molecule has 0 radical (unpaired) electrons. The molecule has 1 aromatic carbocycles. The molecule has 1 N–H and O–H groups in total. The normalized spacial score (nSPS) is 12.4. The predicted molar refractivity (Wildman–Crippen MR) is 111 cm³/mol. The van der Waals surface area contributed by atoms with Crippen LogP contribution in [0.25, 0.3) is 0 Å². The number of benzene rings is 1. The Morgan fingerprint density at radius 2 is 1.97 bits per heavy atom. The Labute approximate surface area is 176 Å². The van der Waals surface area contributed by atoms with E-state index in [4.69, 9.17) is 0 Å². The molecular formula is C20H21FN4O2S2. The second-order valence-corrected chi connectivity index (χ2v) is 9.06. The van der Waals surface area contributed by atoms with E-state index in [0.29, 0.717) is 10.4 Å². The fourth-order valence-corrected chi connectivity index (χ4v) is 4.07. The molecule has 152 valence electrons. The van der Waals surface area contributed by atoms with Crippen LogP contribution in [0.4, 0.5) is 4.39 Å². The van der Waals surface area contributed by atoms with Gasteiger partial charge >= 0.3 is 0 Å². The lowest BCUT2D eigenvalue weighted by Gasteiger charge is -2.32. The smallest absolute Gasteiger partial charge is 0.276 e. The minimum Gasteiger partial charge on any atom is -0.349 e. The zero-order valence-corrected chi connectivity index (χ0v) is 17.9. The molecule has 0 bridgehead atoms. The molecule has 2 heterocycles. The van der Waals surface area contributed by atoms with Crippen molar-refractivity contribution in [2.75, 3.05) is 0 Å². The first-order valence-electron chi connectivity index (χ1n) is 8.93. The molecule has 2 amide bonds. The summed E-state index contributed by atoms with van der Waals surface area (Å²) in [5, 5.41) is 10.1. The summed E-state index contributed by atoms with van der Waals surface area (Å²) in [4.78, 5) is 28.5. The molecule has 0 aliphatic carbocycles. The van der Waals surface area contributed by atoms with Gasteiger partial charge in [0, 0.05) is 21.4 Å². The summed E-state index contributed by atoms with van der Waals surface area (Å²) in [5.41, 5.74) is -0.0628. The van der Waals surface area contributed by atoms with Gasteiger partial charge in [-0.2, -0.15) is 0 Å². The molecule has 2 aromatic heterocycles. The highest BCUT2D eigenvalue weighted by Gasteiger charge is 2.35. The van der Waals surface area contributed by atoms with E-state index in [1.54, 1.807) is 24.3 Å². The van der Waals surface area contributed by atoms with Crippen LogP contribution in [0.3, 0.4) is 0 Å². The number of thiophene rings is 1. The average molecular weight is 433 g/mol. The van der Waals surface area contributed by atoms with Gasteiger partial charge in [-0.15, -0.1) is 16.4 Å². The summed E-state index contributed by atoms with van der Waals surface area (Å²) >= 11 is 2.40. The molecule has 0 unspecified atom stereocenters. The number of rotatable bonds is 6. The van der Waals surface area contributed by atoms with Crippen LogP contribution in [-0.2, 0) is 11.3 Å². The quantitative estimate of drug-likeness (QED) is 0.638. The first-order chi connectivity index (χ1) is 13.8. The van der Waals surface area contributed by atoms with Gasteiger partial charge in [0.15, 0.2) is 5.69 Å². The maximum absolute atomic E-state index is 14.4. The number of nitrogens with zero attached hydrogens (tertiary/aromatic N) is 3. The molecule has 1 atom stereocenters. The van der Waals surface area contributed by atoms with Crippen LogP contribution in [0.1, 0.15) is 47.7 Å². The van der Waals surface area contributed by atoms with Crippen molar-refractivity contribution in [1.82, 2.24) is 19.8 Å². The molecule has 0 spiro atoms. The molecule has 29 heavy (non-hydrogen) atoms. The largest absolute Gasteiger partial charge is 0.349 e. The van der Waals surface area contributed by atoms with Crippen LogP contribution < -0.4 is 5.32 Å². The molecule has 3 aromatic rings. The first-order valence-corrected chi connectivity index (χ1v) is 10.6. The van der Waals surface area contributed by atoms with Gasteiger partial charge in [0.1, 0.15) is 11.9 Å². The zero-order chi connectivity index (χ0) is 21.0. The second kappa shape index (κ2) is 8.79. The van der Waals surface area contributed by atoms with Crippen molar-refractivity contribution in [3.8, 4) is 0 Å². The van der Waals surface area contributed by atoms with E-state index in [-0.39, 0.29) is 18.1 Å². The summed E-state index contributed by atoms with van der Waals surface area (Å²) in [6, 6.07) is 8.88. The number of nitrogens with one attached hydrogen (secondary N) is 1. The van der Waals surface area contributed by atoms with Crippen molar-refractivity contribution < 1.29 is 14.0 Å². The fraction of sp³-hybridized carbons (Fsp3) is 0.300. The van der Waals surface area contributed by atoms with Crippen LogP contribution in [0.2, 0.25) is 0 Å². The van der Waals surface area contributed by atoms with Crippen LogP contribution in [-0.4, -0.2) is 31.8 Å². The molecular weight excluding hydrogens is 411 g/mol. The van der Waals surface area contributed by atoms with Crippen LogP contribution in [0.15, 0.2) is 47.2 Å².